The van der Waals surface area contributed by atoms with Gasteiger partial charge in [0.05, 0.1) is 27.0 Å². The lowest BCUT2D eigenvalue weighted by molar-refractivity contribution is 0.0942. The Hall–Kier alpha value is -3.55. The van der Waals surface area contributed by atoms with E-state index >= 15 is 0 Å². The monoisotopic (exact) mass is 396 g/mol. The van der Waals surface area contributed by atoms with E-state index in [1.807, 2.05) is 18.2 Å². The number of rotatable bonds is 9. The number of anilines is 1. The first-order valence-corrected chi connectivity index (χ1v) is 9.20. The largest absolute Gasteiger partial charge is 0.493 e. The van der Waals surface area contributed by atoms with Crippen molar-refractivity contribution in [2.75, 3.05) is 26.1 Å². The second-order valence-corrected chi connectivity index (χ2v) is 6.31. The van der Waals surface area contributed by atoms with E-state index in [9.17, 15) is 4.79 Å². The Morgan fingerprint density at radius 2 is 1.93 bits per heavy atom. The Morgan fingerprint density at radius 1 is 1.10 bits per heavy atom. The molecule has 3 rings (SSSR count). The van der Waals surface area contributed by atoms with E-state index in [0.29, 0.717) is 47.7 Å². The van der Waals surface area contributed by atoms with Crippen molar-refractivity contribution in [2.45, 2.75) is 19.9 Å². The Bertz CT molecular complexity index is 957. The van der Waals surface area contributed by atoms with Gasteiger partial charge in [-0.2, -0.15) is 0 Å². The van der Waals surface area contributed by atoms with Gasteiger partial charge in [-0.05, 0) is 43.2 Å². The fourth-order valence-corrected chi connectivity index (χ4v) is 2.82. The predicted molar refractivity (Wildman–Crippen MR) is 108 cm³/mol. The molecule has 0 saturated heterocycles. The maximum absolute atomic E-state index is 12.4. The van der Waals surface area contributed by atoms with Crippen molar-refractivity contribution in [3.63, 3.8) is 0 Å². The van der Waals surface area contributed by atoms with Gasteiger partial charge in [0.2, 0.25) is 0 Å². The maximum Gasteiger partial charge on any atom is 0.270 e. The van der Waals surface area contributed by atoms with Gasteiger partial charge in [-0.15, -0.1) is 0 Å². The average molecular weight is 396 g/mol. The van der Waals surface area contributed by atoms with Gasteiger partial charge < -0.3 is 24.5 Å². The molecule has 0 aliphatic heterocycles. The van der Waals surface area contributed by atoms with Crippen molar-refractivity contribution in [2.24, 2.45) is 0 Å². The van der Waals surface area contributed by atoms with Crippen LogP contribution in [0.25, 0.3) is 0 Å². The number of furan rings is 1. The van der Waals surface area contributed by atoms with Crippen molar-refractivity contribution in [1.82, 2.24) is 15.3 Å². The van der Waals surface area contributed by atoms with Crippen LogP contribution in [0.5, 0.6) is 11.5 Å². The zero-order valence-corrected chi connectivity index (χ0v) is 16.7. The highest BCUT2D eigenvalue weighted by Crippen LogP contribution is 2.27. The van der Waals surface area contributed by atoms with Gasteiger partial charge in [0.15, 0.2) is 11.5 Å². The topological polar surface area (TPSA) is 98.5 Å². The van der Waals surface area contributed by atoms with Crippen LogP contribution in [0, 0.1) is 6.92 Å². The standard InChI is InChI=1S/C21H24N4O4/c1-14-24-17(21(26)23-13-16-5-4-10-29-16)12-20(25-14)22-9-8-15-6-7-18(27-2)19(11-15)28-3/h4-7,10-12H,8-9,13H2,1-3H3,(H,23,26)(H,22,24,25). The number of aryl methyl sites for hydroxylation is 1. The van der Waals surface area contributed by atoms with Crippen LogP contribution in [0.2, 0.25) is 0 Å². The lowest BCUT2D eigenvalue weighted by Gasteiger charge is -2.11. The molecule has 0 aliphatic rings. The molecule has 0 spiro atoms. The zero-order chi connectivity index (χ0) is 20.6. The minimum absolute atomic E-state index is 0.283. The van der Waals surface area contributed by atoms with Crippen LogP contribution in [0.1, 0.15) is 27.6 Å². The summed E-state index contributed by atoms with van der Waals surface area (Å²) in [5.41, 5.74) is 1.40. The summed E-state index contributed by atoms with van der Waals surface area (Å²) in [6.07, 6.45) is 2.32. The summed E-state index contributed by atoms with van der Waals surface area (Å²) >= 11 is 0. The van der Waals surface area contributed by atoms with Gasteiger partial charge in [0.25, 0.3) is 5.91 Å². The molecule has 3 aromatic rings. The molecule has 29 heavy (non-hydrogen) atoms. The van der Waals surface area contributed by atoms with Crippen LogP contribution < -0.4 is 20.1 Å². The summed E-state index contributed by atoms with van der Waals surface area (Å²) in [5, 5.41) is 6.03. The second kappa shape index (κ2) is 9.59. The number of hydrogen-bond acceptors (Lipinski definition) is 7. The molecule has 1 aromatic carbocycles. The normalized spacial score (nSPS) is 10.4. The highest BCUT2D eigenvalue weighted by atomic mass is 16.5. The van der Waals surface area contributed by atoms with E-state index in [4.69, 9.17) is 13.9 Å². The van der Waals surface area contributed by atoms with Gasteiger partial charge >= 0.3 is 0 Å². The molecule has 8 nitrogen and oxygen atoms in total. The van der Waals surface area contributed by atoms with Gasteiger partial charge in [-0.3, -0.25) is 4.79 Å². The van der Waals surface area contributed by atoms with Gasteiger partial charge in [0, 0.05) is 12.6 Å². The second-order valence-electron chi connectivity index (χ2n) is 6.31. The fraction of sp³-hybridized carbons (Fsp3) is 0.286. The number of nitrogens with one attached hydrogen (secondary N) is 2. The van der Waals surface area contributed by atoms with Gasteiger partial charge in [-0.25, -0.2) is 9.97 Å². The molecular weight excluding hydrogens is 372 g/mol. The van der Waals surface area contributed by atoms with Crippen LogP contribution >= 0.6 is 0 Å². The Kier molecular flexibility index (Phi) is 6.67. The van der Waals surface area contributed by atoms with Crippen molar-refractivity contribution in [3.05, 3.63) is 65.5 Å². The first-order valence-electron chi connectivity index (χ1n) is 9.20. The van der Waals surface area contributed by atoms with E-state index < -0.39 is 0 Å². The molecular formula is C21H24N4O4. The number of ether oxygens (including phenoxy) is 2. The Balaban J connectivity index is 1.59. The van der Waals surface area contributed by atoms with E-state index in [2.05, 4.69) is 20.6 Å². The number of nitrogens with zero attached hydrogens (tertiary/aromatic N) is 2. The third-order valence-corrected chi connectivity index (χ3v) is 4.24. The number of amides is 1. The van der Waals surface area contributed by atoms with Crippen LogP contribution in [-0.2, 0) is 13.0 Å². The molecule has 1 amide bonds. The molecule has 8 heteroatoms. The summed E-state index contributed by atoms with van der Waals surface area (Å²) in [6.45, 7) is 2.69. The smallest absolute Gasteiger partial charge is 0.270 e. The maximum atomic E-state index is 12.4. The summed E-state index contributed by atoms with van der Waals surface area (Å²) in [5.74, 6) is 2.90. The molecule has 0 atom stereocenters. The van der Waals surface area contributed by atoms with Crippen molar-refractivity contribution in [3.8, 4) is 11.5 Å². The number of methoxy groups -OCH3 is 2. The van der Waals surface area contributed by atoms with Gasteiger partial charge in [0.1, 0.15) is 23.1 Å². The molecule has 0 fully saturated rings. The molecule has 2 aromatic heterocycles. The van der Waals surface area contributed by atoms with Gasteiger partial charge in [-0.1, -0.05) is 6.07 Å². The van der Waals surface area contributed by atoms with Crippen molar-refractivity contribution < 1.29 is 18.7 Å². The summed E-state index contributed by atoms with van der Waals surface area (Å²) in [4.78, 5) is 20.9. The summed E-state index contributed by atoms with van der Waals surface area (Å²) in [6, 6.07) is 11.0. The minimum atomic E-state index is -0.283. The van der Waals surface area contributed by atoms with Crippen molar-refractivity contribution >= 4 is 11.7 Å². The van der Waals surface area contributed by atoms with Crippen LogP contribution in [0.15, 0.2) is 47.1 Å². The molecule has 0 aliphatic carbocycles. The van der Waals surface area contributed by atoms with E-state index in [0.717, 1.165) is 12.0 Å². The lowest BCUT2D eigenvalue weighted by atomic mass is 10.1. The van der Waals surface area contributed by atoms with E-state index in [1.54, 1.807) is 45.6 Å². The number of aromatic nitrogens is 2. The van der Waals surface area contributed by atoms with Crippen molar-refractivity contribution in [1.29, 1.82) is 0 Å². The molecule has 2 heterocycles. The minimum Gasteiger partial charge on any atom is -0.493 e. The highest BCUT2D eigenvalue weighted by Gasteiger charge is 2.11. The quantitative estimate of drug-likeness (QED) is 0.574. The summed E-state index contributed by atoms with van der Waals surface area (Å²) in [7, 11) is 3.22. The van der Waals surface area contributed by atoms with E-state index in [1.165, 1.54) is 0 Å². The van der Waals surface area contributed by atoms with E-state index in [-0.39, 0.29) is 5.91 Å². The first kappa shape index (κ1) is 20.2. The Labute approximate surface area is 169 Å². The molecule has 0 saturated carbocycles. The number of carbonyl (C=O) groups is 1. The third kappa shape index (κ3) is 5.47. The fourth-order valence-electron chi connectivity index (χ4n) is 2.82. The highest BCUT2D eigenvalue weighted by molar-refractivity contribution is 5.92. The van der Waals surface area contributed by atoms with Crippen LogP contribution in [0.4, 0.5) is 5.82 Å². The van der Waals surface area contributed by atoms with Crippen LogP contribution in [0.3, 0.4) is 0 Å². The molecule has 0 radical (unpaired) electrons. The molecule has 152 valence electrons. The summed E-state index contributed by atoms with van der Waals surface area (Å²) < 4.78 is 15.8. The Morgan fingerprint density at radius 3 is 2.66 bits per heavy atom. The third-order valence-electron chi connectivity index (χ3n) is 4.24. The number of hydrogen-bond donors (Lipinski definition) is 2. The SMILES string of the molecule is COc1ccc(CCNc2cc(C(=O)NCc3ccco3)nc(C)n2)cc1OC. The number of carbonyl (C=O) groups excluding carboxylic acids is 1. The molecule has 0 unspecified atom stereocenters. The van der Waals surface area contributed by atoms with Crippen LogP contribution in [-0.4, -0.2) is 36.6 Å². The predicted octanol–water partition coefficient (Wildman–Crippen LogP) is 2.98. The zero-order valence-electron chi connectivity index (χ0n) is 16.7. The first-order chi connectivity index (χ1) is 14.1. The number of benzene rings is 1. The average Bonchev–Trinajstić information content (AvgIpc) is 3.25. The molecule has 2 N–H and O–H groups in total. The molecule has 0 bridgehead atoms. The lowest BCUT2D eigenvalue weighted by Crippen LogP contribution is -2.24.